The third-order valence-electron chi connectivity index (χ3n) is 6.25. The summed E-state index contributed by atoms with van der Waals surface area (Å²) in [5.41, 5.74) is 6.76. The summed E-state index contributed by atoms with van der Waals surface area (Å²) in [6.45, 7) is 11.1. The fraction of sp³-hybridized carbons (Fsp3) is 0.387. The molecule has 7 heteroatoms. The van der Waals surface area contributed by atoms with Gasteiger partial charge in [0.1, 0.15) is 11.9 Å². The van der Waals surface area contributed by atoms with Gasteiger partial charge in [-0.15, -0.1) is 0 Å². The summed E-state index contributed by atoms with van der Waals surface area (Å²) in [6.07, 6.45) is 2.08. The molecule has 0 fully saturated rings. The van der Waals surface area contributed by atoms with Gasteiger partial charge in [-0.05, 0) is 87.2 Å². The zero-order chi connectivity index (χ0) is 27.6. The Labute approximate surface area is 222 Å². The number of carbonyl (C=O) groups excluding carboxylic acids is 1. The standard InChI is InChI=1S/C27H25FN2O3.C4H10O/c1-15-14-23-20(4-6-22(30-23)16(2)28)26(19(15)10-13-32-17(3)31)21-5-7-24-25-18(9-12-33-24)8-11-29-27(21)25;1-4(2,3)5/h4-8,11,14,16H,9-10,12-13H2,1-3H3;5H,1-3H3. The SMILES string of the molecule is CC(=O)OCCc1c(C)cc2nc(C(C)F)ccc2c1-c1ccc2c3c(ccnc13)CCO2.CC(C)(C)O. The van der Waals surface area contributed by atoms with Gasteiger partial charge in [0.05, 0.1) is 35.5 Å². The molecule has 4 aromatic rings. The number of pyridine rings is 2. The van der Waals surface area contributed by atoms with Crippen molar-refractivity contribution in [2.45, 2.75) is 66.2 Å². The van der Waals surface area contributed by atoms with Crippen LogP contribution in [0.2, 0.25) is 0 Å². The van der Waals surface area contributed by atoms with E-state index in [1.165, 1.54) is 19.4 Å². The summed E-state index contributed by atoms with van der Waals surface area (Å²) in [5.74, 6) is 0.534. The van der Waals surface area contributed by atoms with Gasteiger partial charge in [0.15, 0.2) is 0 Å². The third-order valence-corrected chi connectivity index (χ3v) is 6.25. The van der Waals surface area contributed by atoms with Crippen molar-refractivity contribution in [1.29, 1.82) is 0 Å². The first-order valence-corrected chi connectivity index (χ1v) is 12.9. The first-order chi connectivity index (χ1) is 17.9. The summed E-state index contributed by atoms with van der Waals surface area (Å²) in [6, 6.07) is 11.7. The van der Waals surface area contributed by atoms with Crippen LogP contribution in [0.5, 0.6) is 5.75 Å². The number of ether oxygens (including phenoxy) is 2. The Morgan fingerprint density at radius 2 is 1.95 bits per heavy atom. The topological polar surface area (TPSA) is 81.5 Å². The molecule has 6 nitrogen and oxygen atoms in total. The number of alkyl halides is 1. The lowest BCUT2D eigenvalue weighted by molar-refractivity contribution is -0.140. The second kappa shape index (κ2) is 11.0. The van der Waals surface area contributed by atoms with E-state index in [-0.39, 0.29) is 12.6 Å². The monoisotopic (exact) mass is 518 g/mol. The number of nitrogens with zero attached hydrogens (tertiary/aromatic N) is 2. The van der Waals surface area contributed by atoms with Crippen LogP contribution in [0.3, 0.4) is 0 Å². The van der Waals surface area contributed by atoms with Crippen LogP contribution in [0, 0.1) is 6.92 Å². The minimum atomic E-state index is -1.15. The van der Waals surface area contributed by atoms with E-state index in [1.807, 2.05) is 43.5 Å². The molecule has 0 radical (unpaired) electrons. The molecule has 0 bridgehead atoms. The van der Waals surface area contributed by atoms with Crippen LogP contribution < -0.4 is 4.74 Å². The van der Waals surface area contributed by atoms with Crippen molar-refractivity contribution in [1.82, 2.24) is 9.97 Å². The lowest BCUT2D eigenvalue weighted by Crippen LogP contribution is -2.10. The van der Waals surface area contributed by atoms with Crippen LogP contribution in [-0.4, -0.2) is 39.9 Å². The fourth-order valence-electron chi connectivity index (χ4n) is 4.72. The molecule has 1 unspecified atom stereocenters. The smallest absolute Gasteiger partial charge is 0.302 e. The Morgan fingerprint density at radius 1 is 1.21 bits per heavy atom. The molecule has 0 saturated heterocycles. The van der Waals surface area contributed by atoms with E-state index in [1.54, 1.807) is 26.8 Å². The quantitative estimate of drug-likeness (QED) is 0.300. The molecule has 1 N–H and O–H groups in total. The number of fused-ring (bicyclic) bond motifs is 1. The van der Waals surface area contributed by atoms with Crippen LogP contribution in [0.25, 0.3) is 32.9 Å². The molecule has 2 aromatic heterocycles. The molecule has 5 rings (SSSR count). The van der Waals surface area contributed by atoms with Gasteiger partial charge in [-0.3, -0.25) is 9.78 Å². The zero-order valence-electron chi connectivity index (χ0n) is 22.9. The number of aliphatic hydroxyl groups is 1. The van der Waals surface area contributed by atoms with E-state index in [4.69, 9.17) is 19.6 Å². The van der Waals surface area contributed by atoms with E-state index in [0.29, 0.717) is 18.7 Å². The van der Waals surface area contributed by atoms with E-state index < -0.39 is 11.8 Å². The maximum Gasteiger partial charge on any atom is 0.302 e. The molecule has 1 aliphatic heterocycles. The Hall–Kier alpha value is -3.58. The Kier molecular flexibility index (Phi) is 7.97. The first-order valence-electron chi connectivity index (χ1n) is 12.9. The summed E-state index contributed by atoms with van der Waals surface area (Å²) in [7, 11) is 0. The van der Waals surface area contributed by atoms with Crippen LogP contribution in [-0.2, 0) is 22.4 Å². The number of hydrogen-bond acceptors (Lipinski definition) is 6. The highest BCUT2D eigenvalue weighted by Crippen LogP contribution is 2.42. The minimum absolute atomic E-state index is 0.277. The van der Waals surface area contributed by atoms with Crippen molar-refractivity contribution in [2.24, 2.45) is 0 Å². The van der Waals surface area contributed by atoms with Crippen molar-refractivity contribution >= 4 is 27.8 Å². The van der Waals surface area contributed by atoms with Gasteiger partial charge in [0.2, 0.25) is 0 Å². The zero-order valence-corrected chi connectivity index (χ0v) is 22.9. The van der Waals surface area contributed by atoms with Gasteiger partial charge in [-0.2, -0.15) is 0 Å². The predicted molar refractivity (Wildman–Crippen MR) is 148 cm³/mol. The number of aryl methyl sites for hydroxylation is 1. The van der Waals surface area contributed by atoms with Crippen molar-refractivity contribution in [2.75, 3.05) is 13.2 Å². The molecule has 0 amide bonds. The van der Waals surface area contributed by atoms with E-state index in [2.05, 4.69) is 4.98 Å². The second-order valence-electron chi connectivity index (χ2n) is 10.6. The van der Waals surface area contributed by atoms with Gasteiger partial charge < -0.3 is 14.6 Å². The molecule has 38 heavy (non-hydrogen) atoms. The highest BCUT2D eigenvalue weighted by atomic mass is 19.1. The summed E-state index contributed by atoms with van der Waals surface area (Å²) >= 11 is 0. The number of benzene rings is 2. The number of halogens is 1. The molecule has 0 spiro atoms. The number of rotatable bonds is 5. The minimum Gasteiger partial charge on any atom is -0.493 e. The molecule has 0 saturated carbocycles. The summed E-state index contributed by atoms with van der Waals surface area (Å²) < 4.78 is 25.2. The number of hydrogen-bond donors (Lipinski definition) is 1. The third kappa shape index (κ3) is 6.10. The lowest BCUT2D eigenvalue weighted by atomic mass is 9.88. The first kappa shape index (κ1) is 27.5. The fourth-order valence-corrected chi connectivity index (χ4v) is 4.72. The van der Waals surface area contributed by atoms with Crippen molar-refractivity contribution in [3.05, 3.63) is 65.0 Å². The highest BCUT2D eigenvalue weighted by molar-refractivity contribution is 6.07. The molecule has 0 aliphatic carbocycles. The highest BCUT2D eigenvalue weighted by Gasteiger charge is 2.22. The maximum atomic E-state index is 14.0. The maximum absolute atomic E-state index is 14.0. The Balaban J connectivity index is 0.000000617. The molecule has 200 valence electrons. The van der Waals surface area contributed by atoms with Gasteiger partial charge in [-0.1, -0.05) is 6.07 Å². The molecule has 3 heterocycles. The van der Waals surface area contributed by atoms with Gasteiger partial charge in [0.25, 0.3) is 0 Å². The van der Waals surface area contributed by atoms with Crippen molar-refractivity contribution in [3.63, 3.8) is 0 Å². The predicted octanol–water partition coefficient (Wildman–Crippen LogP) is 6.61. The van der Waals surface area contributed by atoms with Gasteiger partial charge >= 0.3 is 5.97 Å². The Bertz CT molecular complexity index is 1480. The van der Waals surface area contributed by atoms with Gasteiger partial charge in [-0.25, -0.2) is 9.37 Å². The molecule has 2 aromatic carbocycles. The molecule has 1 aliphatic rings. The van der Waals surface area contributed by atoms with Crippen LogP contribution in [0.1, 0.15) is 63.2 Å². The largest absolute Gasteiger partial charge is 0.493 e. The van der Waals surface area contributed by atoms with Crippen molar-refractivity contribution in [3.8, 4) is 16.9 Å². The molecule has 1 atom stereocenters. The van der Waals surface area contributed by atoms with Gasteiger partial charge in [0, 0.05) is 42.3 Å². The van der Waals surface area contributed by atoms with Crippen LogP contribution >= 0.6 is 0 Å². The average molecular weight is 519 g/mol. The van der Waals surface area contributed by atoms with Crippen LogP contribution in [0.4, 0.5) is 4.39 Å². The normalized spacial score (nSPS) is 13.5. The van der Waals surface area contributed by atoms with E-state index in [9.17, 15) is 9.18 Å². The summed E-state index contributed by atoms with van der Waals surface area (Å²) in [5, 5.41) is 10.5. The average Bonchev–Trinajstić information content (AvgIpc) is 2.83. The number of esters is 1. The lowest BCUT2D eigenvalue weighted by Gasteiger charge is -2.22. The second-order valence-corrected chi connectivity index (χ2v) is 10.6. The number of carbonyl (C=O) groups is 1. The van der Waals surface area contributed by atoms with E-state index in [0.717, 1.165) is 56.2 Å². The van der Waals surface area contributed by atoms with E-state index >= 15 is 0 Å². The Morgan fingerprint density at radius 3 is 2.63 bits per heavy atom. The van der Waals surface area contributed by atoms with Crippen molar-refractivity contribution < 1.29 is 23.8 Å². The van der Waals surface area contributed by atoms with Crippen LogP contribution in [0.15, 0.2) is 42.6 Å². The molecular weight excluding hydrogens is 483 g/mol. The summed E-state index contributed by atoms with van der Waals surface area (Å²) in [4.78, 5) is 20.7. The molecular formula is C31H35FN2O4. The number of aromatic nitrogens is 2.